The minimum atomic E-state index is -0.586. The Bertz CT molecular complexity index is 1220. The number of hydrazine groups is 1. The number of methoxy groups -OCH3 is 1. The molecule has 0 aliphatic carbocycles. The van der Waals surface area contributed by atoms with Gasteiger partial charge in [0.25, 0.3) is 0 Å². The normalized spacial score (nSPS) is 15.1. The van der Waals surface area contributed by atoms with Crippen molar-refractivity contribution in [1.82, 2.24) is 5.43 Å². The summed E-state index contributed by atoms with van der Waals surface area (Å²) in [6, 6.07) is 15.9. The lowest BCUT2D eigenvalue weighted by atomic mass is 10.1. The molecule has 0 radical (unpaired) electrons. The Balaban J connectivity index is 1.43. The van der Waals surface area contributed by atoms with E-state index < -0.39 is 11.7 Å². The van der Waals surface area contributed by atoms with Crippen LogP contribution in [0.25, 0.3) is 0 Å². The predicted octanol–water partition coefficient (Wildman–Crippen LogP) is 5.22. The average molecular weight is 518 g/mol. The molecule has 0 unspecified atom stereocenters. The zero-order chi connectivity index (χ0) is 24.9. The van der Waals surface area contributed by atoms with E-state index in [0.717, 1.165) is 0 Å². The van der Waals surface area contributed by atoms with Crippen molar-refractivity contribution in [3.8, 4) is 11.5 Å². The topological polar surface area (TPSA) is 79.9 Å². The number of rotatable bonds is 8. The van der Waals surface area contributed by atoms with Crippen molar-refractivity contribution in [2.75, 3.05) is 24.0 Å². The fraction of sp³-hybridized carbons (Fsp3) is 0.200. The summed E-state index contributed by atoms with van der Waals surface area (Å²) in [5.74, 6) is -0.777. The molecule has 1 atom stereocenters. The number of hydrogen-bond donors (Lipinski definition) is 2. The van der Waals surface area contributed by atoms with Gasteiger partial charge in [0.05, 0.1) is 18.7 Å². The highest BCUT2D eigenvalue weighted by molar-refractivity contribution is 6.35. The third-order valence-electron chi connectivity index (χ3n) is 5.58. The molecular weight excluding hydrogens is 496 g/mol. The summed E-state index contributed by atoms with van der Waals surface area (Å²) in [6.07, 6.45) is 0.0391. The predicted molar refractivity (Wildman–Crippen MR) is 132 cm³/mol. The molecule has 1 aliphatic heterocycles. The highest BCUT2D eigenvalue weighted by atomic mass is 35.5. The SMILES string of the molecule is COc1cccc(NNC(=O)[C@@H]2CC(=O)N(c3ccc(F)cc3)C2)c1OCc1c(Cl)cccc1Cl. The summed E-state index contributed by atoms with van der Waals surface area (Å²) < 4.78 is 24.6. The van der Waals surface area contributed by atoms with E-state index in [-0.39, 0.29) is 31.4 Å². The Morgan fingerprint density at radius 1 is 1.09 bits per heavy atom. The highest BCUT2D eigenvalue weighted by Crippen LogP contribution is 2.36. The number of nitrogens with zero attached hydrogens (tertiary/aromatic N) is 1. The maximum atomic E-state index is 13.2. The number of hydrogen-bond acceptors (Lipinski definition) is 5. The Hall–Kier alpha value is -3.49. The number of ether oxygens (including phenoxy) is 2. The highest BCUT2D eigenvalue weighted by Gasteiger charge is 2.35. The Kier molecular flexibility index (Phi) is 7.63. The number of carbonyl (C=O) groups is 2. The number of carbonyl (C=O) groups excluding carboxylic acids is 2. The smallest absolute Gasteiger partial charge is 0.243 e. The molecule has 2 amide bonds. The zero-order valence-corrected chi connectivity index (χ0v) is 20.2. The van der Waals surface area contributed by atoms with Crippen molar-refractivity contribution >= 4 is 46.4 Å². The van der Waals surface area contributed by atoms with Gasteiger partial charge in [0.2, 0.25) is 11.8 Å². The van der Waals surface area contributed by atoms with Gasteiger partial charge in [-0.2, -0.15) is 0 Å². The Morgan fingerprint density at radius 2 is 1.77 bits per heavy atom. The largest absolute Gasteiger partial charge is 0.493 e. The number of benzene rings is 3. The van der Waals surface area contributed by atoms with E-state index in [1.165, 1.54) is 36.3 Å². The number of anilines is 2. The van der Waals surface area contributed by atoms with Gasteiger partial charge in [-0.15, -0.1) is 0 Å². The zero-order valence-electron chi connectivity index (χ0n) is 18.7. The molecule has 1 heterocycles. The van der Waals surface area contributed by atoms with Gasteiger partial charge in [0.1, 0.15) is 12.4 Å². The maximum absolute atomic E-state index is 13.2. The molecule has 0 spiro atoms. The van der Waals surface area contributed by atoms with Crippen LogP contribution in [0.4, 0.5) is 15.8 Å². The number of halogens is 3. The third kappa shape index (κ3) is 5.61. The van der Waals surface area contributed by atoms with Crippen molar-refractivity contribution in [2.45, 2.75) is 13.0 Å². The molecule has 2 N–H and O–H groups in total. The van der Waals surface area contributed by atoms with Gasteiger partial charge < -0.3 is 14.4 Å². The molecule has 4 rings (SSSR count). The summed E-state index contributed by atoms with van der Waals surface area (Å²) in [7, 11) is 1.50. The summed E-state index contributed by atoms with van der Waals surface area (Å²) in [5.41, 5.74) is 7.10. The molecule has 0 saturated carbocycles. The standard InChI is InChI=1S/C25H22Cl2FN3O4/c1-34-22-7-3-6-21(24(22)35-14-18-19(26)4-2-5-20(18)27)29-30-25(33)15-12-23(32)31(13-15)17-10-8-16(28)9-11-17/h2-11,15,29H,12-14H2,1H3,(H,30,33)/t15-/m1/s1. The minimum Gasteiger partial charge on any atom is -0.493 e. The fourth-order valence-corrected chi connectivity index (χ4v) is 4.23. The van der Waals surface area contributed by atoms with Crippen LogP contribution in [0, 0.1) is 11.7 Å². The van der Waals surface area contributed by atoms with Crippen molar-refractivity contribution in [2.24, 2.45) is 5.92 Å². The number of para-hydroxylation sites is 1. The molecule has 3 aromatic carbocycles. The van der Waals surface area contributed by atoms with Gasteiger partial charge in [-0.05, 0) is 48.5 Å². The average Bonchev–Trinajstić information content (AvgIpc) is 3.24. The van der Waals surface area contributed by atoms with E-state index in [1.54, 1.807) is 36.4 Å². The van der Waals surface area contributed by atoms with E-state index >= 15 is 0 Å². The first-order chi connectivity index (χ1) is 16.9. The van der Waals surface area contributed by atoms with Crippen LogP contribution in [0.3, 0.4) is 0 Å². The molecule has 1 saturated heterocycles. The molecule has 7 nitrogen and oxygen atoms in total. The van der Waals surface area contributed by atoms with Crippen LogP contribution in [0.2, 0.25) is 10.0 Å². The van der Waals surface area contributed by atoms with Gasteiger partial charge in [-0.25, -0.2) is 4.39 Å². The van der Waals surface area contributed by atoms with E-state index in [4.69, 9.17) is 32.7 Å². The second kappa shape index (κ2) is 10.8. The molecule has 1 aliphatic rings. The second-order valence-electron chi connectivity index (χ2n) is 7.82. The third-order valence-corrected chi connectivity index (χ3v) is 6.28. The van der Waals surface area contributed by atoms with Crippen LogP contribution in [0.5, 0.6) is 11.5 Å². The first-order valence-electron chi connectivity index (χ1n) is 10.7. The minimum absolute atomic E-state index is 0.0391. The Labute approximate surface area is 211 Å². The van der Waals surface area contributed by atoms with Crippen LogP contribution in [0.1, 0.15) is 12.0 Å². The van der Waals surface area contributed by atoms with E-state index in [9.17, 15) is 14.0 Å². The molecule has 35 heavy (non-hydrogen) atoms. The van der Waals surface area contributed by atoms with E-state index in [0.29, 0.717) is 38.5 Å². The van der Waals surface area contributed by atoms with Crippen molar-refractivity contribution in [3.63, 3.8) is 0 Å². The van der Waals surface area contributed by atoms with Crippen molar-refractivity contribution in [3.05, 3.63) is 82.1 Å². The molecule has 182 valence electrons. The first-order valence-corrected chi connectivity index (χ1v) is 11.5. The molecule has 3 aromatic rings. The van der Waals surface area contributed by atoms with Crippen LogP contribution >= 0.6 is 23.2 Å². The monoisotopic (exact) mass is 517 g/mol. The van der Waals surface area contributed by atoms with Crippen LogP contribution in [-0.2, 0) is 16.2 Å². The van der Waals surface area contributed by atoms with Gasteiger partial charge in [-0.1, -0.05) is 35.3 Å². The van der Waals surface area contributed by atoms with Crippen molar-refractivity contribution < 1.29 is 23.5 Å². The van der Waals surface area contributed by atoms with Crippen molar-refractivity contribution in [1.29, 1.82) is 0 Å². The summed E-state index contributed by atoms with van der Waals surface area (Å²) in [6.45, 7) is 0.260. The van der Waals surface area contributed by atoms with Crippen LogP contribution < -0.4 is 25.2 Å². The van der Waals surface area contributed by atoms with Gasteiger partial charge in [0, 0.05) is 34.3 Å². The second-order valence-corrected chi connectivity index (χ2v) is 8.64. The molecule has 0 aromatic heterocycles. The summed E-state index contributed by atoms with van der Waals surface area (Å²) in [4.78, 5) is 26.7. The summed E-state index contributed by atoms with van der Waals surface area (Å²) >= 11 is 12.5. The number of amides is 2. The number of nitrogens with one attached hydrogen (secondary N) is 2. The lowest BCUT2D eigenvalue weighted by Crippen LogP contribution is -2.36. The summed E-state index contributed by atoms with van der Waals surface area (Å²) in [5, 5.41) is 0.929. The molecule has 0 bridgehead atoms. The molecule has 1 fully saturated rings. The maximum Gasteiger partial charge on any atom is 0.243 e. The lowest BCUT2D eigenvalue weighted by Gasteiger charge is -2.19. The van der Waals surface area contributed by atoms with E-state index in [2.05, 4.69) is 10.9 Å². The molecular formula is C25H22Cl2FN3O4. The molecule has 10 heteroatoms. The van der Waals surface area contributed by atoms with Crippen LogP contribution in [0.15, 0.2) is 60.7 Å². The quantitative estimate of drug-likeness (QED) is 0.400. The Morgan fingerprint density at radius 3 is 2.46 bits per heavy atom. The van der Waals surface area contributed by atoms with Gasteiger partial charge in [0.15, 0.2) is 11.5 Å². The lowest BCUT2D eigenvalue weighted by molar-refractivity contribution is -0.125. The van der Waals surface area contributed by atoms with E-state index in [1.807, 2.05) is 0 Å². The fourth-order valence-electron chi connectivity index (χ4n) is 3.72. The van der Waals surface area contributed by atoms with Gasteiger partial charge in [-0.3, -0.25) is 20.4 Å². The van der Waals surface area contributed by atoms with Crippen LogP contribution in [-0.4, -0.2) is 25.5 Å². The first kappa shape index (κ1) is 24.6. The van der Waals surface area contributed by atoms with Gasteiger partial charge >= 0.3 is 0 Å².